The summed E-state index contributed by atoms with van der Waals surface area (Å²) < 4.78 is 24.5. The molecule has 0 radical (unpaired) electrons. The number of hydrogen-bond donors (Lipinski definition) is 0. The molecule has 0 amide bonds. The van der Waals surface area contributed by atoms with Gasteiger partial charge in [-0.3, -0.25) is 0 Å². The number of benzene rings is 12. The molecular weight excluding hydrogens is 1650 g/mol. The Kier molecular flexibility index (Phi) is 23.7. The zero-order valence-electron chi connectivity index (χ0n) is 72.7. The average Bonchev–Trinajstić information content (AvgIpc) is 1.63. The van der Waals surface area contributed by atoms with Gasteiger partial charge in [0.05, 0.1) is 28.4 Å². The molecular formula is C114H104Cl2O4Si2Zr-4. The summed E-state index contributed by atoms with van der Waals surface area (Å²) in [5.74, 6) is 5.61. The number of methoxy groups -OCH3 is 4. The third kappa shape index (κ3) is 14.2. The van der Waals surface area contributed by atoms with E-state index in [-0.39, 0.29) is 23.7 Å². The van der Waals surface area contributed by atoms with Crippen LogP contribution in [0.4, 0.5) is 0 Å². The SMILES string of the molecule is COc1c2ccccc2c(C2C=CC=Cc3c2cc(C(C)C)[c-]3[SiH](C)[c-]2c(C(C)C)cc3c2C=CC=CC3c2c3ccccc3c(OC)c3ccccc23)c2ccccc12.COc1c2ccccc2c(C2C=CC=Cc3c2cc(C(C)C)[c-]3[SiH](C)[c-]2c(C(C)C)cc3c2C=CC=CC3c2c3ccccc3c(OC)c3ccccc23)c2ccccc12.[Cl][Zr][Cl]. The molecule has 4 aliphatic rings. The monoisotopic (exact) mass is 1750 g/mol. The van der Waals surface area contributed by atoms with Crippen LogP contribution in [0.25, 0.3) is 110 Å². The van der Waals surface area contributed by atoms with Crippen LogP contribution in [0.1, 0.15) is 192 Å². The van der Waals surface area contributed by atoms with E-state index in [4.69, 9.17) is 36.0 Å². The summed E-state index contributed by atoms with van der Waals surface area (Å²) in [7, 11) is 13.4. The van der Waals surface area contributed by atoms with Crippen molar-refractivity contribution in [2.24, 2.45) is 0 Å². The van der Waals surface area contributed by atoms with Crippen LogP contribution in [0, 0.1) is 0 Å². The number of hydrogen-bond acceptors (Lipinski definition) is 4. The molecule has 0 fully saturated rings. The molecule has 0 saturated carbocycles. The topological polar surface area (TPSA) is 36.9 Å². The van der Waals surface area contributed by atoms with Gasteiger partial charge in [0.25, 0.3) is 0 Å². The molecule has 614 valence electrons. The van der Waals surface area contributed by atoms with Crippen LogP contribution in [0.3, 0.4) is 0 Å². The summed E-state index contributed by atoms with van der Waals surface area (Å²) in [5, 5.41) is 25.6. The molecule has 0 heterocycles. The summed E-state index contributed by atoms with van der Waals surface area (Å²) >= 11 is -0.826. The zero-order valence-corrected chi connectivity index (χ0v) is 79.0. The standard InChI is InChI=1S/2C57H52O2Si.2ClH.Zr/c2*1-34(2)48-32-50-40(52-36-20-8-14-26-42(36)54(58-5)43-27-15-9-21-37(43)52)24-12-18-30-46(50)56(48)60(7)57-47-31-19-13-25-41(51(47)33-49(57)35(3)4)53-38-22-10-16-28-44(38)55(59-6)45-29-17-11-23-39(45)53;;;/h2*8-35,40-41,60H,1-7H3;2*1H;/q2*-2;;;+2/p-2. The van der Waals surface area contributed by atoms with E-state index in [1.807, 2.05) is 0 Å². The minimum absolute atomic E-state index is 0.0783. The molecule has 123 heavy (non-hydrogen) atoms. The van der Waals surface area contributed by atoms with Crippen LogP contribution in [0.2, 0.25) is 13.1 Å². The van der Waals surface area contributed by atoms with Gasteiger partial charge < -0.3 is 18.9 Å². The quantitative estimate of drug-likeness (QED) is 0.0549. The third-order valence-electron chi connectivity index (χ3n) is 26.9. The van der Waals surface area contributed by atoms with Crippen LogP contribution in [-0.4, -0.2) is 46.0 Å². The molecule has 4 unspecified atom stereocenters. The number of ether oxygens (including phenoxy) is 4. The summed E-state index contributed by atoms with van der Waals surface area (Å²) in [5.41, 5.74) is 22.7. The molecule has 4 aliphatic carbocycles. The van der Waals surface area contributed by atoms with Gasteiger partial charge in [-0.25, -0.2) is 0 Å². The van der Waals surface area contributed by atoms with Gasteiger partial charge in [0, 0.05) is 60.7 Å². The van der Waals surface area contributed by atoms with Crippen LogP contribution >= 0.6 is 17.0 Å². The van der Waals surface area contributed by atoms with Gasteiger partial charge in [0.15, 0.2) is 0 Å². The van der Waals surface area contributed by atoms with E-state index in [1.54, 1.807) is 49.2 Å². The maximum absolute atomic E-state index is 6.14. The van der Waals surface area contributed by atoms with Crippen molar-refractivity contribution in [1.29, 1.82) is 0 Å². The van der Waals surface area contributed by atoms with Crippen molar-refractivity contribution in [3.63, 3.8) is 0 Å². The number of fused-ring (bicyclic) bond motifs is 12. The minimum atomic E-state index is -1.85. The van der Waals surface area contributed by atoms with Crippen LogP contribution < -0.4 is 39.7 Å². The van der Waals surface area contributed by atoms with Crippen LogP contribution in [0.15, 0.2) is 291 Å². The van der Waals surface area contributed by atoms with Crippen LogP contribution in [0.5, 0.6) is 23.0 Å². The van der Waals surface area contributed by atoms with Crippen molar-refractivity contribution < 1.29 is 39.8 Å². The Morgan fingerprint density at radius 2 is 0.415 bits per heavy atom. The predicted octanol–water partition coefficient (Wildman–Crippen LogP) is 28.2. The molecule has 16 aromatic carbocycles. The van der Waals surface area contributed by atoms with E-state index in [1.165, 1.54) is 132 Å². The molecule has 20 rings (SSSR count). The van der Waals surface area contributed by atoms with E-state index in [0.29, 0.717) is 23.7 Å². The first-order chi connectivity index (χ1) is 60.0. The van der Waals surface area contributed by atoms with Crippen molar-refractivity contribution in [2.75, 3.05) is 28.4 Å². The van der Waals surface area contributed by atoms with E-state index in [2.05, 4.69) is 384 Å². The molecule has 16 aromatic rings. The van der Waals surface area contributed by atoms with Crippen LogP contribution in [-0.2, 0) is 20.8 Å². The molecule has 0 spiro atoms. The Morgan fingerprint density at radius 1 is 0.260 bits per heavy atom. The van der Waals surface area contributed by atoms with Crippen molar-refractivity contribution >= 4 is 166 Å². The van der Waals surface area contributed by atoms with Gasteiger partial charge in [-0.1, -0.05) is 311 Å². The van der Waals surface area contributed by atoms with Gasteiger partial charge in [-0.15, -0.1) is 91.6 Å². The molecule has 0 N–H and O–H groups in total. The van der Waals surface area contributed by atoms with E-state index < -0.39 is 38.4 Å². The fourth-order valence-corrected chi connectivity index (χ4v) is 29.0. The molecule has 9 heteroatoms. The van der Waals surface area contributed by atoms with E-state index in [9.17, 15) is 0 Å². The molecule has 0 aromatic heterocycles. The van der Waals surface area contributed by atoms with Gasteiger partial charge in [0.1, 0.15) is 23.0 Å². The Balaban J connectivity index is 0.000000163. The average molecular weight is 1760 g/mol. The van der Waals surface area contributed by atoms with Crippen molar-refractivity contribution in [1.82, 2.24) is 0 Å². The van der Waals surface area contributed by atoms with E-state index in [0.717, 1.165) is 66.1 Å². The molecule has 0 aliphatic heterocycles. The second kappa shape index (κ2) is 35.0. The van der Waals surface area contributed by atoms with Gasteiger partial charge in [-0.05, 0) is 113 Å². The predicted molar refractivity (Wildman–Crippen MR) is 533 cm³/mol. The Hall–Kier alpha value is -10.9. The number of rotatable bonds is 16. The van der Waals surface area contributed by atoms with E-state index >= 15 is 0 Å². The second-order valence-electron chi connectivity index (χ2n) is 34.7. The Morgan fingerprint density at radius 3 is 0.561 bits per heavy atom. The van der Waals surface area contributed by atoms with Crippen molar-refractivity contribution in [2.45, 2.75) is 116 Å². The Bertz CT molecular complexity index is 6020. The number of allylic oxidation sites excluding steroid dienone is 12. The summed E-state index contributed by atoms with van der Waals surface area (Å²) in [6.45, 7) is 24.3. The number of halogens is 2. The van der Waals surface area contributed by atoms with Gasteiger partial charge >= 0.3 is 37.9 Å². The second-order valence-corrected chi connectivity index (χ2v) is 43.6. The normalized spacial score (nSPS) is 16.3. The van der Waals surface area contributed by atoms with Crippen molar-refractivity contribution in [3.05, 3.63) is 380 Å². The zero-order chi connectivity index (χ0) is 85.2. The maximum atomic E-state index is 6.14. The van der Waals surface area contributed by atoms with Gasteiger partial charge in [-0.2, -0.15) is 68.8 Å². The first-order valence-corrected chi connectivity index (χ1v) is 54.6. The fraction of sp³-hybridized carbons (Fsp3) is 0.193. The van der Waals surface area contributed by atoms with Gasteiger partial charge in [0.2, 0.25) is 0 Å². The molecule has 0 saturated heterocycles. The summed E-state index contributed by atoms with van der Waals surface area (Å²) in [6, 6.07) is 80.8. The summed E-state index contributed by atoms with van der Waals surface area (Å²) in [6.07, 6.45) is 37.7. The molecule has 4 nitrogen and oxygen atoms in total. The summed E-state index contributed by atoms with van der Waals surface area (Å²) in [4.78, 5) is 0. The Labute approximate surface area is 746 Å². The fourth-order valence-electron chi connectivity index (χ4n) is 21.9. The third-order valence-corrected chi connectivity index (χ3v) is 33.0. The van der Waals surface area contributed by atoms with Crippen molar-refractivity contribution in [3.8, 4) is 23.0 Å². The first-order valence-electron chi connectivity index (χ1n) is 43.6. The molecule has 4 atom stereocenters. The first kappa shape index (κ1) is 83.1. The molecule has 0 bridgehead atoms.